The molecule has 0 bridgehead atoms. The van der Waals surface area contributed by atoms with E-state index in [2.05, 4.69) is 13.0 Å². The predicted octanol–water partition coefficient (Wildman–Crippen LogP) is 3.69. The quantitative estimate of drug-likeness (QED) is 0.648. The first-order valence-electron chi connectivity index (χ1n) is 6.17. The van der Waals surface area contributed by atoms with Crippen LogP contribution in [0.25, 0.3) is 0 Å². The Kier molecular flexibility index (Phi) is 3.56. The zero-order valence-corrected chi connectivity index (χ0v) is 11.4. The molecule has 0 saturated heterocycles. The van der Waals surface area contributed by atoms with Gasteiger partial charge in [-0.3, -0.25) is 5.41 Å². The lowest BCUT2D eigenvalue weighted by atomic mass is 10.1. The molecule has 0 saturated carbocycles. The molecule has 3 N–H and O–H groups in total. The minimum Gasteiger partial charge on any atom is -0.457 e. The summed E-state index contributed by atoms with van der Waals surface area (Å²) in [4.78, 5) is 0. The SMILES string of the molecule is Cc1ccc(Oc2ccc(C(=N)N)cc2C)c(C)c1. The number of nitrogen functional groups attached to an aromatic ring is 1. The highest BCUT2D eigenvalue weighted by atomic mass is 16.5. The summed E-state index contributed by atoms with van der Waals surface area (Å²) in [6, 6.07) is 11.6. The van der Waals surface area contributed by atoms with Gasteiger partial charge in [0.15, 0.2) is 0 Å². The summed E-state index contributed by atoms with van der Waals surface area (Å²) in [7, 11) is 0. The third-order valence-electron chi connectivity index (χ3n) is 3.04. The Morgan fingerprint density at radius 1 is 0.947 bits per heavy atom. The molecule has 0 aliphatic heterocycles. The molecule has 98 valence electrons. The molecule has 0 fully saturated rings. The molecule has 0 heterocycles. The van der Waals surface area contributed by atoms with Gasteiger partial charge in [-0.15, -0.1) is 0 Å². The Morgan fingerprint density at radius 2 is 1.53 bits per heavy atom. The number of rotatable bonds is 3. The van der Waals surface area contributed by atoms with Crippen LogP contribution in [0.5, 0.6) is 11.5 Å². The number of hydrogen-bond donors (Lipinski definition) is 2. The first-order valence-corrected chi connectivity index (χ1v) is 6.17. The van der Waals surface area contributed by atoms with Gasteiger partial charge in [0.1, 0.15) is 17.3 Å². The predicted molar refractivity (Wildman–Crippen MR) is 78.2 cm³/mol. The molecule has 0 aromatic heterocycles. The zero-order chi connectivity index (χ0) is 14.0. The van der Waals surface area contributed by atoms with Crippen molar-refractivity contribution in [3.63, 3.8) is 0 Å². The lowest BCUT2D eigenvalue weighted by Crippen LogP contribution is -2.11. The summed E-state index contributed by atoms with van der Waals surface area (Å²) in [5.74, 6) is 1.71. The fraction of sp³-hybridized carbons (Fsp3) is 0.188. The van der Waals surface area contributed by atoms with Crippen LogP contribution in [-0.2, 0) is 0 Å². The summed E-state index contributed by atoms with van der Waals surface area (Å²) in [6.45, 7) is 6.04. The van der Waals surface area contributed by atoms with Crippen molar-refractivity contribution in [2.45, 2.75) is 20.8 Å². The van der Waals surface area contributed by atoms with Crippen LogP contribution in [0.3, 0.4) is 0 Å². The molecule has 0 aliphatic rings. The number of benzene rings is 2. The Balaban J connectivity index is 2.31. The van der Waals surface area contributed by atoms with Gasteiger partial charge in [0.2, 0.25) is 0 Å². The van der Waals surface area contributed by atoms with E-state index in [-0.39, 0.29) is 5.84 Å². The molecule has 0 unspecified atom stereocenters. The van der Waals surface area contributed by atoms with E-state index in [1.165, 1.54) is 5.56 Å². The summed E-state index contributed by atoms with van der Waals surface area (Å²) < 4.78 is 5.92. The van der Waals surface area contributed by atoms with E-state index in [0.717, 1.165) is 22.6 Å². The van der Waals surface area contributed by atoms with E-state index in [1.54, 1.807) is 6.07 Å². The molecule has 2 aromatic rings. The number of hydrogen-bond acceptors (Lipinski definition) is 2. The molecule has 19 heavy (non-hydrogen) atoms. The van der Waals surface area contributed by atoms with Crippen LogP contribution in [0, 0.1) is 26.2 Å². The van der Waals surface area contributed by atoms with Gasteiger partial charge in [-0.25, -0.2) is 0 Å². The first kappa shape index (κ1) is 13.1. The van der Waals surface area contributed by atoms with Crippen molar-refractivity contribution in [1.82, 2.24) is 0 Å². The van der Waals surface area contributed by atoms with Gasteiger partial charge in [0.25, 0.3) is 0 Å². The van der Waals surface area contributed by atoms with E-state index in [1.807, 2.05) is 38.1 Å². The number of ether oxygens (including phenoxy) is 1. The van der Waals surface area contributed by atoms with Crippen molar-refractivity contribution >= 4 is 5.84 Å². The summed E-state index contributed by atoms with van der Waals surface area (Å²) in [5.41, 5.74) is 9.47. The van der Waals surface area contributed by atoms with Crippen LogP contribution in [0.15, 0.2) is 36.4 Å². The topological polar surface area (TPSA) is 59.1 Å². The molecule has 0 radical (unpaired) electrons. The monoisotopic (exact) mass is 254 g/mol. The minimum atomic E-state index is 0.0705. The van der Waals surface area contributed by atoms with E-state index in [4.69, 9.17) is 15.9 Å². The molecular weight excluding hydrogens is 236 g/mol. The Hall–Kier alpha value is -2.29. The minimum absolute atomic E-state index is 0.0705. The van der Waals surface area contributed by atoms with Crippen molar-refractivity contribution < 1.29 is 4.74 Å². The van der Waals surface area contributed by atoms with E-state index in [0.29, 0.717) is 5.56 Å². The number of aryl methyl sites for hydroxylation is 3. The van der Waals surface area contributed by atoms with E-state index < -0.39 is 0 Å². The molecule has 0 atom stereocenters. The second-order valence-corrected chi connectivity index (χ2v) is 4.76. The smallest absolute Gasteiger partial charge is 0.130 e. The van der Waals surface area contributed by atoms with Crippen molar-refractivity contribution in [3.05, 3.63) is 58.7 Å². The van der Waals surface area contributed by atoms with E-state index >= 15 is 0 Å². The maximum Gasteiger partial charge on any atom is 0.130 e. The molecule has 3 heteroatoms. The van der Waals surface area contributed by atoms with Crippen molar-refractivity contribution in [2.24, 2.45) is 5.73 Å². The highest BCUT2D eigenvalue weighted by Crippen LogP contribution is 2.28. The Labute approximate surface area is 113 Å². The van der Waals surface area contributed by atoms with Gasteiger partial charge in [-0.05, 0) is 56.2 Å². The average molecular weight is 254 g/mol. The zero-order valence-electron chi connectivity index (χ0n) is 11.4. The van der Waals surface area contributed by atoms with Crippen LogP contribution in [0.2, 0.25) is 0 Å². The Bertz CT molecular complexity index is 633. The molecule has 2 aromatic carbocycles. The third kappa shape index (κ3) is 2.94. The van der Waals surface area contributed by atoms with Crippen LogP contribution in [0.4, 0.5) is 0 Å². The van der Waals surface area contributed by atoms with Gasteiger partial charge >= 0.3 is 0 Å². The van der Waals surface area contributed by atoms with Crippen molar-refractivity contribution in [2.75, 3.05) is 0 Å². The van der Waals surface area contributed by atoms with E-state index in [9.17, 15) is 0 Å². The number of nitrogens with two attached hydrogens (primary N) is 1. The van der Waals surface area contributed by atoms with Crippen molar-refractivity contribution in [1.29, 1.82) is 5.41 Å². The second-order valence-electron chi connectivity index (χ2n) is 4.76. The maximum absolute atomic E-state index is 7.42. The average Bonchev–Trinajstić information content (AvgIpc) is 2.34. The first-order chi connectivity index (χ1) is 8.97. The molecule has 0 spiro atoms. The van der Waals surface area contributed by atoms with Crippen LogP contribution < -0.4 is 10.5 Å². The van der Waals surface area contributed by atoms with Gasteiger partial charge in [-0.2, -0.15) is 0 Å². The van der Waals surface area contributed by atoms with Crippen LogP contribution >= 0.6 is 0 Å². The van der Waals surface area contributed by atoms with Crippen molar-refractivity contribution in [3.8, 4) is 11.5 Å². The number of amidine groups is 1. The fourth-order valence-corrected chi connectivity index (χ4v) is 1.96. The summed E-state index contributed by atoms with van der Waals surface area (Å²) in [5, 5.41) is 7.42. The van der Waals surface area contributed by atoms with Gasteiger partial charge in [0.05, 0.1) is 0 Å². The maximum atomic E-state index is 7.42. The molecular formula is C16H18N2O. The van der Waals surface area contributed by atoms with Crippen LogP contribution in [0.1, 0.15) is 22.3 Å². The van der Waals surface area contributed by atoms with Gasteiger partial charge in [0, 0.05) is 5.56 Å². The molecule has 2 rings (SSSR count). The fourth-order valence-electron chi connectivity index (χ4n) is 1.96. The second kappa shape index (κ2) is 5.14. The lowest BCUT2D eigenvalue weighted by Gasteiger charge is -2.12. The third-order valence-corrected chi connectivity index (χ3v) is 3.04. The van der Waals surface area contributed by atoms with Gasteiger partial charge in [-0.1, -0.05) is 17.7 Å². The molecule has 0 amide bonds. The molecule has 3 nitrogen and oxygen atoms in total. The molecule has 0 aliphatic carbocycles. The number of nitrogens with one attached hydrogen (secondary N) is 1. The summed E-state index contributed by atoms with van der Waals surface area (Å²) in [6.07, 6.45) is 0. The summed E-state index contributed by atoms with van der Waals surface area (Å²) >= 11 is 0. The standard InChI is InChI=1S/C16H18N2O/c1-10-4-6-14(11(2)8-10)19-15-7-5-13(16(17)18)9-12(15)3/h4-9H,1-3H3,(H3,17,18). The highest BCUT2D eigenvalue weighted by Gasteiger charge is 2.06. The normalized spacial score (nSPS) is 10.3. The van der Waals surface area contributed by atoms with Gasteiger partial charge < -0.3 is 10.5 Å². The highest BCUT2D eigenvalue weighted by molar-refractivity contribution is 5.95. The van der Waals surface area contributed by atoms with Crippen LogP contribution in [-0.4, -0.2) is 5.84 Å². The lowest BCUT2D eigenvalue weighted by molar-refractivity contribution is 0.475. The largest absolute Gasteiger partial charge is 0.457 e. The Morgan fingerprint density at radius 3 is 2.05 bits per heavy atom.